The Bertz CT molecular complexity index is 786. The number of hydrogen-bond acceptors (Lipinski definition) is 3. The molecule has 3 heteroatoms. The van der Waals surface area contributed by atoms with Crippen molar-refractivity contribution >= 4 is 27.6 Å². The van der Waals surface area contributed by atoms with Crippen LogP contribution in [-0.2, 0) is 0 Å². The van der Waals surface area contributed by atoms with Gasteiger partial charge in [0.1, 0.15) is 16.9 Å². The van der Waals surface area contributed by atoms with Crippen LogP contribution in [0.15, 0.2) is 40.8 Å². The maximum Gasteiger partial charge on any atom is 0.142 e. The minimum absolute atomic E-state index is 0.879. The number of para-hydroxylation sites is 1. The molecule has 1 fully saturated rings. The van der Waals surface area contributed by atoms with Crippen LogP contribution in [0.3, 0.4) is 0 Å². The molecular weight excluding hydrogens is 262 g/mol. The zero-order valence-electron chi connectivity index (χ0n) is 12.2. The topological polar surface area (TPSA) is 34.4 Å². The molecule has 1 saturated carbocycles. The van der Waals surface area contributed by atoms with Crippen molar-refractivity contribution in [1.82, 2.24) is 0 Å². The summed E-state index contributed by atoms with van der Waals surface area (Å²) in [6, 6.07) is 12.2. The smallest absolute Gasteiger partial charge is 0.142 e. The van der Waals surface area contributed by atoms with Crippen LogP contribution in [0.25, 0.3) is 21.9 Å². The van der Waals surface area contributed by atoms with Crippen molar-refractivity contribution in [3.05, 3.63) is 36.4 Å². The van der Waals surface area contributed by atoms with E-state index in [1.165, 1.54) is 19.3 Å². The number of ether oxygens (including phenoxy) is 1. The molecule has 1 aliphatic rings. The zero-order chi connectivity index (χ0) is 14.2. The standard InChI is InChI=1S/C18H19NO2/c1-20-18-10-14-13-4-2-3-5-16(13)21-17(14)11-15(18)19-9-8-12-6-7-12/h2-5,10-12,19H,6-9H2,1H3. The third-order valence-electron chi connectivity index (χ3n) is 4.26. The summed E-state index contributed by atoms with van der Waals surface area (Å²) in [5, 5.41) is 5.73. The van der Waals surface area contributed by atoms with E-state index in [0.717, 1.165) is 45.8 Å². The number of anilines is 1. The summed E-state index contributed by atoms with van der Waals surface area (Å²) in [6.07, 6.45) is 4.02. The summed E-state index contributed by atoms with van der Waals surface area (Å²) >= 11 is 0. The molecular formula is C18H19NO2. The van der Waals surface area contributed by atoms with E-state index in [-0.39, 0.29) is 0 Å². The first-order chi connectivity index (χ1) is 10.3. The van der Waals surface area contributed by atoms with Gasteiger partial charge < -0.3 is 14.5 Å². The lowest BCUT2D eigenvalue weighted by atomic mass is 10.1. The molecule has 1 aromatic heterocycles. The predicted molar refractivity (Wildman–Crippen MR) is 86.1 cm³/mol. The molecule has 1 heterocycles. The lowest BCUT2D eigenvalue weighted by Crippen LogP contribution is -2.03. The van der Waals surface area contributed by atoms with Gasteiger partial charge in [0.15, 0.2) is 0 Å². The summed E-state index contributed by atoms with van der Waals surface area (Å²) in [7, 11) is 1.72. The van der Waals surface area contributed by atoms with Crippen molar-refractivity contribution in [2.24, 2.45) is 5.92 Å². The van der Waals surface area contributed by atoms with E-state index >= 15 is 0 Å². The fraction of sp³-hybridized carbons (Fsp3) is 0.333. The minimum Gasteiger partial charge on any atom is -0.495 e. The van der Waals surface area contributed by atoms with Crippen LogP contribution in [0.5, 0.6) is 5.75 Å². The Balaban J connectivity index is 1.73. The van der Waals surface area contributed by atoms with Crippen LogP contribution in [0.2, 0.25) is 0 Å². The molecule has 0 saturated heterocycles. The molecule has 21 heavy (non-hydrogen) atoms. The van der Waals surface area contributed by atoms with Gasteiger partial charge in [-0.3, -0.25) is 0 Å². The maximum absolute atomic E-state index is 5.94. The molecule has 0 aliphatic heterocycles. The van der Waals surface area contributed by atoms with Gasteiger partial charge in [-0.05, 0) is 24.5 Å². The van der Waals surface area contributed by atoms with Crippen LogP contribution in [0.1, 0.15) is 19.3 Å². The lowest BCUT2D eigenvalue weighted by molar-refractivity contribution is 0.417. The van der Waals surface area contributed by atoms with Crippen molar-refractivity contribution in [2.75, 3.05) is 19.0 Å². The van der Waals surface area contributed by atoms with Gasteiger partial charge in [0.25, 0.3) is 0 Å². The SMILES string of the molecule is COc1cc2c(cc1NCCC1CC1)oc1ccccc12. The molecule has 0 unspecified atom stereocenters. The van der Waals surface area contributed by atoms with E-state index in [0.29, 0.717) is 0 Å². The molecule has 0 spiro atoms. The largest absolute Gasteiger partial charge is 0.495 e. The Morgan fingerprint density at radius 1 is 1.14 bits per heavy atom. The Morgan fingerprint density at radius 2 is 2.00 bits per heavy atom. The van der Waals surface area contributed by atoms with Gasteiger partial charge >= 0.3 is 0 Å². The first kappa shape index (κ1) is 12.6. The summed E-state index contributed by atoms with van der Waals surface area (Å²) < 4.78 is 11.5. The molecule has 4 rings (SSSR count). The average molecular weight is 281 g/mol. The number of fused-ring (bicyclic) bond motifs is 3. The summed E-state index contributed by atoms with van der Waals surface area (Å²) in [6.45, 7) is 0.993. The van der Waals surface area contributed by atoms with Gasteiger partial charge in [0, 0.05) is 23.4 Å². The summed E-state index contributed by atoms with van der Waals surface area (Å²) in [5.41, 5.74) is 2.85. The monoisotopic (exact) mass is 281 g/mol. The molecule has 3 nitrogen and oxygen atoms in total. The van der Waals surface area contributed by atoms with E-state index < -0.39 is 0 Å². The van der Waals surface area contributed by atoms with Crippen molar-refractivity contribution in [3.63, 3.8) is 0 Å². The molecule has 0 amide bonds. The number of methoxy groups -OCH3 is 1. The Labute approximate surface area is 123 Å². The second-order valence-electron chi connectivity index (χ2n) is 5.81. The summed E-state index contributed by atoms with van der Waals surface area (Å²) in [4.78, 5) is 0. The third-order valence-corrected chi connectivity index (χ3v) is 4.26. The van der Waals surface area contributed by atoms with Gasteiger partial charge in [0.2, 0.25) is 0 Å². The van der Waals surface area contributed by atoms with Crippen LogP contribution in [0.4, 0.5) is 5.69 Å². The second kappa shape index (κ2) is 4.99. The quantitative estimate of drug-likeness (QED) is 0.729. The molecule has 2 aromatic carbocycles. The summed E-state index contributed by atoms with van der Waals surface area (Å²) in [5.74, 6) is 1.81. The Morgan fingerprint density at radius 3 is 2.81 bits per heavy atom. The van der Waals surface area contributed by atoms with Gasteiger partial charge in [-0.15, -0.1) is 0 Å². The number of hydrogen-bond donors (Lipinski definition) is 1. The van der Waals surface area contributed by atoms with Gasteiger partial charge in [-0.1, -0.05) is 31.0 Å². The van der Waals surface area contributed by atoms with Crippen LogP contribution in [0, 0.1) is 5.92 Å². The molecule has 0 bridgehead atoms. The highest BCUT2D eigenvalue weighted by Crippen LogP contribution is 2.37. The highest BCUT2D eigenvalue weighted by Gasteiger charge is 2.20. The van der Waals surface area contributed by atoms with E-state index in [4.69, 9.17) is 9.15 Å². The Hall–Kier alpha value is -2.16. The number of benzene rings is 2. The van der Waals surface area contributed by atoms with Gasteiger partial charge in [0.05, 0.1) is 12.8 Å². The highest BCUT2D eigenvalue weighted by molar-refractivity contribution is 6.06. The fourth-order valence-electron chi connectivity index (χ4n) is 2.88. The van der Waals surface area contributed by atoms with Gasteiger partial charge in [-0.25, -0.2) is 0 Å². The van der Waals surface area contributed by atoms with Crippen LogP contribution >= 0.6 is 0 Å². The average Bonchev–Trinajstić information content (AvgIpc) is 3.26. The normalized spacial score (nSPS) is 14.7. The third kappa shape index (κ3) is 2.33. The van der Waals surface area contributed by atoms with Crippen molar-refractivity contribution in [2.45, 2.75) is 19.3 Å². The predicted octanol–water partition coefficient (Wildman–Crippen LogP) is 4.81. The Kier molecular flexibility index (Phi) is 2.99. The van der Waals surface area contributed by atoms with E-state index in [1.807, 2.05) is 18.2 Å². The first-order valence-corrected chi connectivity index (χ1v) is 7.58. The number of furan rings is 1. The van der Waals surface area contributed by atoms with Gasteiger partial charge in [-0.2, -0.15) is 0 Å². The molecule has 108 valence electrons. The lowest BCUT2D eigenvalue weighted by Gasteiger charge is -2.11. The van der Waals surface area contributed by atoms with E-state index in [9.17, 15) is 0 Å². The number of rotatable bonds is 5. The second-order valence-corrected chi connectivity index (χ2v) is 5.81. The molecule has 1 N–H and O–H groups in total. The highest BCUT2D eigenvalue weighted by atomic mass is 16.5. The van der Waals surface area contributed by atoms with E-state index in [2.05, 4.69) is 23.5 Å². The molecule has 3 aromatic rings. The number of nitrogens with one attached hydrogen (secondary N) is 1. The van der Waals surface area contributed by atoms with Crippen molar-refractivity contribution in [1.29, 1.82) is 0 Å². The van der Waals surface area contributed by atoms with Crippen LogP contribution in [-0.4, -0.2) is 13.7 Å². The molecule has 0 atom stereocenters. The van der Waals surface area contributed by atoms with Crippen LogP contribution < -0.4 is 10.1 Å². The zero-order valence-corrected chi connectivity index (χ0v) is 12.2. The van der Waals surface area contributed by atoms with Crippen molar-refractivity contribution < 1.29 is 9.15 Å². The molecule has 0 radical (unpaired) electrons. The molecule has 1 aliphatic carbocycles. The minimum atomic E-state index is 0.879. The van der Waals surface area contributed by atoms with E-state index in [1.54, 1.807) is 7.11 Å². The maximum atomic E-state index is 5.94. The fourth-order valence-corrected chi connectivity index (χ4v) is 2.88. The van der Waals surface area contributed by atoms with Crippen molar-refractivity contribution in [3.8, 4) is 5.75 Å². The first-order valence-electron chi connectivity index (χ1n) is 7.58.